The minimum absolute atomic E-state index is 0.108. The zero-order chi connectivity index (χ0) is 22.1. The number of amides is 2. The molecule has 2 aromatic carbocycles. The molecule has 0 unspecified atom stereocenters. The Bertz CT molecular complexity index is 1000. The number of hydrogen-bond donors (Lipinski definition) is 2. The van der Waals surface area contributed by atoms with E-state index in [1.54, 1.807) is 36.8 Å². The molecule has 3 rings (SSSR count). The van der Waals surface area contributed by atoms with Crippen molar-refractivity contribution in [2.45, 2.75) is 26.8 Å². The van der Waals surface area contributed by atoms with Gasteiger partial charge >= 0.3 is 0 Å². The van der Waals surface area contributed by atoms with Crippen molar-refractivity contribution in [2.75, 3.05) is 29.9 Å². The van der Waals surface area contributed by atoms with Crippen LogP contribution in [0, 0.1) is 6.92 Å². The molecule has 2 N–H and O–H groups in total. The second-order valence-electron chi connectivity index (χ2n) is 7.30. The van der Waals surface area contributed by atoms with E-state index in [2.05, 4.69) is 46.5 Å². The monoisotopic (exact) mass is 419 g/mol. The molecule has 0 bridgehead atoms. The maximum atomic E-state index is 12.6. The first-order valence-electron chi connectivity index (χ1n) is 10.5. The van der Waals surface area contributed by atoms with Crippen LogP contribution in [0.5, 0.6) is 0 Å². The van der Waals surface area contributed by atoms with Crippen LogP contribution in [0.4, 0.5) is 11.4 Å². The van der Waals surface area contributed by atoms with Gasteiger partial charge < -0.3 is 20.1 Å². The lowest BCUT2D eigenvalue weighted by atomic mass is 10.1. The summed E-state index contributed by atoms with van der Waals surface area (Å²) in [4.78, 5) is 31.0. The predicted molar refractivity (Wildman–Crippen MR) is 123 cm³/mol. The highest BCUT2D eigenvalue weighted by atomic mass is 16.2. The molecule has 7 nitrogen and oxygen atoms in total. The first-order chi connectivity index (χ1) is 15.1. The standard InChI is InChI=1S/C24H29N5O2/c1-3-29(22-10-5-4-7-19(22)2)16-13-26-24(31)20-8-6-9-21(17-20)27-23(30)11-14-28-15-12-25-18-28/h4-10,12,15,17-18H,3,11,13-14,16H2,1-2H3,(H,26,31)(H,27,30). The molecule has 0 radical (unpaired) electrons. The van der Waals surface area contributed by atoms with Gasteiger partial charge in [-0.05, 0) is 43.7 Å². The van der Waals surface area contributed by atoms with Gasteiger partial charge in [0, 0.05) is 61.9 Å². The first-order valence-corrected chi connectivity index (χ1v) is 10.5. The molecule has 0 saturated carbocycles. The van der Waals surface area contributed by atoms with Crippen molar-refractivity contribution < 1.29 is 9.59 Å². The first kappa shape index (κ1) is 22.1. The van der Waals surface area contributed by atoms with Crippen LogP contribution < -0.4 is 15.5 Å². The quantitative estimate of drug-likeness (QED) is 0.527. The summed E-state index contributed by atoms with van der Waals surface area (Å²) in [6.45, 7) is 6.86. The summed E-state index contributed by atoms with van der Waals surface area (Å²) < 4.78 is 1.85. The predicted octanol–water partition coefficient (Wildman–Crippen LogP) is 3.48. The Balaban J connectivity index is 1.50. The normalized spacial score (nSPS) is 10.5. The molecule has 7 heteroatoms. The number of nitrogens with zero attached hydrogens (tertiary/aromatic N) is 3. The smallest absolute Gasteiger partial charge is 0.251 e. The molecule has 0 aliphatic heterocycles. The molecule has 0 aliphatic carbocycles. The molecule has 31 heavy (non-hydrogen) atoms. The van der Waals surface area contributed by atoms with Crippen molar-refractivity contribution >= 4 is 23.2 Å². The third-order valence-corrected chi connectivity index (χ3v) is 5.07. The average molecular weight is 420 g/mol. The highest BCUT2D eigenvalue weighted by Gasteiger charge is 2.10. The number of carbonyl (C=O) groups excluding carboxylic acids is 2. The Morgan fingerprint density at radius 3 is 2.71 bits per heavy atom. The van der Waals surface area contributed by atoms with E-state index in [1.165, 1.54) is 11.3 Å². The van der Waals surface area contributed by atoms with E-state index < -0.39 is 0 Å². The van der Waals surface area contributed by atoms with E-state index in [0.717, 1.165) is 13.1 Å². The van der Waals surface area contributed by atoms with E-state index in [4.69, 9.17) is 0 Å². The number of imidazole rings is 1. The Morgan fingerprint density at radius 2 is 1.97 bits per heavy atom. The molecule has 0 spiro atoms. The Labute approximate surface area is 183 Å². The third-order valence-electron chi connectivity index (χ3n) is 5.07. The van der Waals surface area contributed by atoms with E-state index in [9.17, 15) is 9.59 Å². The number of benzene rings is 2. The zero-order valence-electron chi connectivity index (χ0n) is 18.0. The van der Waals surface area contributed by atoms with Crippen molar-refractivity contribution in [2.24, 2.45) is 0 Å². The van der Waals surface area contributed by atoms with E-state index >= 15 is 0 Å². The van der Waals surface area contributed by atoms with Crippen LogP contribution in [0.2, 0.25) is 0 Å². The summed E-state index contributed by atoms with van der Waals surface area (Å²) >= 11 is 0. The van der Waals surface area contributed by atoms with Crippen molar-refractivity contribution in [1.82, 2.24) is 14.9 Å². The van der Waals surface area contributed by atoms with Crippen LogP contribution >= 0.6 is 0 Å². The maximum absolute atomic E-state index is 12.6. The van der Waals surface area contributed by atoms with Crippen LogP contribution in [0.1, 0.15) is 29.3 Å². The number of rotatable bonds is 10. The van der Waals surface area contributed by atoms with Crippen molar-refractivity contribution in [3.8, 4) is 0 Å². The zero-order valence-corrected chi connectivity index (χ0v) is 18.0. The third kappa shape index (κ3) is 6.44. The largest absolute Gasteiger partial charge is 0.370 e. The van der Waals surface area contributed by atoms with Crippen LogP contribution in [-0.4, -0.2) is 41.0 Å². The van der Waals surface area contributed by atoms with E-state index in [-0.39, 0.29) is 11.8 Å². The number of carbonyl (C=O) groups is 2. The second-order valence-corrected chi connectivity index (χ2v) is 7.30. The van der Waals surface area contributed by atoms with Crippen LogP contribution in [0.15, 0.2) is 67.3 Å². The fourth-order valence-electron chi connectivity index (χ4n) is 3.38. The number of hydrogen-bond acceptors (Lipinski definition) is 4. The molecule has 3 aromatic rings. The van der Waals surface area contributed by atoms with Crippen molar-refractivity contribution in [1.29, 1.82) is 0 Å². The Hall–Kier alpha value is -3.61. The highest BCUT2D eigenvalue weighted by Crippen LogP contribution is 2.18. The molecular formula is C24H29N5O2. The molecule has 0 saturated heterocycles. The molecule has 0 fully saturated rings. The van der Waals surface area contributed by atoms with Gasteiger partial charge in [-0.3, -0.25) is 9.59 Å². The van der Waals surface area contributed by atoms with Gasteiger partial charge in [0.25, 0.3) is 5.91 Å². The Morgan fingerprint density at radius 1 is 1.13 bits per heavy atom. The van der Waals surface area contributed by atoms with Gasteiger partial charge in [-0.25, -0.2) is 4.98 Å². The summed E-state index contributed by atoms with van der Waals surface area (Å²) in [7, 11) is 0. The number of para-hydroxylation sites is 1. The lowest BCUT2D eigenvalue weighted by molar-refractivity contribution is -0.116. The van der Waals surface area contributed by atoms with Gasteiger partial charge in [-0.1, -0.05) is 24.3 Å². The minimum Gasteiger partial charge on any atom is -0.370 e. The number of aromatic nitrogens is 2. The van der Waals surface area contributed by atoms with Gasteiger partial charge in [0.2, 0.25) is 5.91 Å². The lowest BCUT2D eigenvalue weighted by Gasteiger charge is -2.25. The number of likely N-dealkylation sites (N-methyl/N-ethyl adjacent to an activating group) is 1. The summed E-state index contributed by atoms with van der Waals surface area (Å²) in [5, 5.41) is 5.82. The van der Waals surface area contributed by atoms with Crippen molar-refractivity contribution in [3.63, 3.8) is 0 Å². The average Bonchev–Trinajstić information content (AvgIpc) is 3.30. The molecule has 2 amide bonds. The Kier molecular flexibility index (Phi) is 7.81. The summed E-state index contributed by atoms with van der Waals surface area (Å²) in [6.07, 6.45) is 5.51. The van der Waals surface area contributed by atoms with Crippen LogP contribution in [-0.2, 0) is 11.3 Å². The molecule has 0 atom stereocenters. The molecule has 0 aliphatic rings. The number of aryl methyl sites for hydroxylation is 2. The van der Waals surface area contributed by atoms with E-state index in [1.807, 2.05) is 22.9 Å². The van der Waals surface area contributed by atoms with Gasteiger partial charge in [0.1, 0.15) is 0 Å². The minimum atomic E-state index is -0.157. The van der Waals surface area contributed by atoms with Crippen LogP contribution in [0.25, 0.3) is 0 Å². The van der Waals surface area contributed by atoms with Gasteiger partial charge in [-0.2, -0.15) is 0 Å². The van der Waals surface area contributed by atoms with Gasteiger partial charge in [0.15, 0.2) is 0 Å². The maximum Gasteiger partial charge on any atom is 0.251 e. The molecule has 1 heterocycles. The fraction of sp³-hybridized carbons (Fsp3) is 0.292. The van der Waals surface area contributed by atoms with E-state index in [0.29, 0.717) is 30.8 Å². The van der Waals surface area contributed by atoms with Crippen molar-refractivity contribution in [3.05, 3.63) is 78.4 Å². The summed E-state index contributed by atoms with van der Waals surface area (Å²) in [5.74, 6) is -0.265. The molecule has 162 valence electrons. The summed E-state index contributed by atoms with van der Waals surface area (Å²) in [5.41, 5.74) is 3.52. The molecular weight excluding hydrogens is 390 g/mol. The second kappa shape index (κ2) is 11.0. The topological polar surface area (TPSA) is 79.3 Å². The highest BCUT2D eigenvalue weighted by molar-refractivity contribution is 5.97. The summed E-state index contributed by atoms with van der Waals surface area (Å²) in [6, 6.07) is 15.2. The number of nitrogens with one attached hydrogen (secondary N) is 2. The van der Waals surface area contributed by atoms with Crippen LogP contribution in [0.3, 0.4) is 0 Å². The molecule has 1 aromatic heterocycles. The van der Waals surface area contributed by atoms with Gasteiger partial charge in [0.05, 0.1) is 6.33 Å². The fourth-order valence-corrected chi connectivity index (χ4v) is 3.38. The number of anilines is 2. The lowest BCUT2D eigenvalue weighted by Crippen LogP contribution is -2.35. The van der Waals surface area contributed by atoms with Gasteiger partial charge in [-0.15, -0.1) is 0 Å². The SMILES string of the molecule is CCN(CCNC(=O)c1cccc(NC(=O)CCn2ccnc2)c1)c1ccccc1C.